The summed E-state index contributed by atoms with van der Waals surface area (Å²) in [5.41, 5.74) is 2.32. The molecule has 0 aliphatic heterocycles. The molecule has 0 radical (unpaired) electrons. The van der Waals surface area contributed by atoms with Gasteiger partial charge >= 0.3 is 11.6 Å². The SMILES string of the molecule is O=C(COc1ccc2c3c(c(=O)oc2c1)CCC3)N[C@H](C(=O)O)c1ccccc1. The van der Waals surface area contributed by atoms with Crippen LogP contribution < -0.4 is 15.7 Å². The van der Waals surface area contributed by atoms with Gasteiger partial charge in [-0.2, -0.15) is 0 Å². The number of carbonyl (C=O) groups is 2. The van der Waals surface area contributed by atoms with Gasteiger partial charge in [0.05, 0.1) is 0 Å². The van der Waals surface area contributed by atoms with Gasteiger partial charge in [-0.1, -0.05) is 30.3 Å². The topological polar surface area (TPSA) is 106 Å². The zero-order valence-corrected chi connectivity index (χ0v) is 15.5. The van der Waals surface area contributed by atoms with Crippen LogP contribution in [0.5, 0.6) is 5.75 Å². The molecule has 4 rings (SSSR count). The smallest absolute Gasteiger partial charge is 0.339 e. The number of aliphatic carboxylic acids is 1. The summed E-state index contributed by atoms with van der Waals surface area (Å²) in [6, 6.07) is 12.4. The molecule has 0 saturated heterocycles. The molecule has 0 fully saturated rings. The van der Waals surface area contributed by atoms with Crippen LogP contribution in [0.4, 0.5) is 0 Å². The molecule has 0 spiro atoms. The van der Waals surface area contributed by atoms with E-state index < -0.39 is 17.9 Å². The van der Waals surface area contributed by atoms with Gasteiger partial charge in [-0.15, -0.1) is 0 Å². The number of rotatable bonds is 6. The van der Waals surface area contributed by atoms with Crippen LogP contribution in [0.15, 0.2) is 57.7 Å². The summed E-state index contributed by atoms with van der Waals surface area (Å²) in [5.74, 6) is -1.37. The molecule has 0 unspecified atom stereocenters. The van der Waals surface area contributed by atoms with Gasteiger partial charge in [0.1, 0.15) is 11.3 Å². The van der Waals surface area contributed by atoms with E-state index in [1.807, 2.05) is 6.07 Å². The normalized spacial score (nSPS) is 13.7. The number of ether oxygens (including phenoxy) is 1. The molecule has 0 saturated carbocycles. The van der Waals surface area contributed by atoms with E-state index in [2.05, 4.69) is 5.32 Å². The first kappa shape index (κ1) is 18.7. The third-order valence-corrected chi connectivity index (χ3v) is 5.00. The Morgan fingerprint density at radius 1 is 1.10 bits per heavy atom. The predicted octanol–water partition coefficient (Wildman–Crippen LogP) is 2.60. The van der Waals surface area contributed by atoms with Crippen LogP contribution in [0.3, 0.4) is 0 Å². The van der Waals surface area contributed by atoms with Gasteiger partial charge in [-0.25, -0.2) is 9.59 Å². The average Bonchev–Trinajstić information content (AvgIpc) is 3.21. The number of benzene rings is 2. The van der Waals surface area contributed by atoms with Crippen LogP contribution >= 0.6 is 0 Å². The van der Waals surface area contributed by atoms with Crippen molar-refractivity contribution < 1.29 is 23.8 Å². The van der Waals surface area contributed by atoms with Crippen molar-refractivity contribution in [2.45, 2.75) is 25.3 Å². The minimum absolute atomic E-state index is 0.327. The van der Waals surface area contributed by atoms with Crippen molar-refractivity contribution in [2.24, 2.45) is 0 Å². The minimum atomic E-state index is -1.16. The quantitative estimate of drug-likeness (QED) is 0.624. The Labute approximate surface area is 165 Å². The number of amides is 1. The first-order valence-electron chi connectivity index (χ1n) is 9.31. The maximum absolute atomic E-state index is 12.2. The molecular weight excluding hydrogens is 374 g/mol. The van der Waals surface area contributed by atoms with Gasteiger partial charge in [0.15, 0.2) is 12.6 Å². The fraction of sp³-hybridized carbons (Fsp3) is 0.227. The molecule has 3 aromatic rings. The van der Waals surface area contributed by atoms with Crippen LogP contribution in [0.2, 0.25) is 0 Å². The van der Waals surface area contributed by atoms with Crippen LogP contribution in [-0.4, -0.2) is 23.6 Å². The van der Waals surface area contributed by atoms with Crippen LogP contribution in [-0.2, 0) is 22.4 Å². The standard InChI is InChI=1S/C22H19NO6/c24-19(23-20(21(25)26)13-5-2-1-3-6-13)12-28-14-9-10-16-15-7-4-8-17(15)22(27)29-18(16)11-14/h1-3,5-6,9-11,20H,4,7-8,12H2,(H,23,24)(H,25,26)/t20-/m0/s1. The summed E-state index contributed by atoms with van der Waals surface area (Å²) in [4.78, 5) is 35.8. The number of carbonyl (C=O) groups excluding carboxylic acids is 1. The Morgan fingerprint density at radius 3 is 2.62 bits per heavy atom. The van der Waals surface area contributed by atoms with Crippen molar-refractivity contribution >= 4 is 22.8 Å². The first-order valence-corrected chi connectivity index (χ1v) is 9.31. The lowest BCUT2D eigenvalue weighted by Crippen LogP contribution is -2.36. The molecule has 1 aliphatic carbocycles. The Bertz CT molecular complexity index is 1140. The number of hydrogen-bond donors (Lipinski definition) is 2. The second kappa shape index (κ2) is 7.79. The number of carboxylic acids is 1. The number of hydrogen-bond acceptors (Lipinski definition) is 5. The third kappa shape index (κ3) is 3.85. The lowest BCUT2D eigenvalue weighted by atomic mass is 10.1. The molecule has 1 heterocycles. The second-order valence-corrected chi connectivity index (χ2v) is 6.90. The van der Waals surface area contributed by atoms with E-state index in [0.29, 0.717) is 16.9 Å². The van der Waals surface area contributed by atoms with Crippen molar-refractivity contribution in [1.29, 1.82) is 0 Å². The average molecular weight is 393 g/mol. The summed E-state index contributed by atoms with van der Waals surface area (Å²) in [6.45, 7) is -0.364. The summed E-state index contributed by atoms with van der Waals surface area (Å²) in [6.07, 6.45) is 2.51. The highest BCUT2D eigenvalue weighted by molar-refractivity contribution is 5.86. The van der Waals surface area contributed by atoms with Gasteiger partial charge in [0.25, 0.3) is 5.91 Å². The highest BCUT2D eigenvalue weighted by Gasteiger charge is 2.22. The summed E-state index contributed by atoms with van der Waals surface area (Å²) in [5, 5.41) is 12.7. The molecule has 2 aromatic carbocycles. The van der Waals surface area contributed by atoms with Gasteiger partial charge in [-0.3, -0.25) is 4.79 Å². The molecule has 1 aliphatic rings. The molecule has 1 aromatic heterocycles. The van der Waals surface area contributed by atoms with E-state index in [1.165, 1.54) is 0 Å². The fourth-order valence-corrected chi connectivity index (χ4v) is 3.64. The molecule has 148 valence electrons. The minimum Gasteiger partial charge on any atom is -0.484 e. The summed E-state index contributed by atoms with van der Waals surface area (Å²) in [7, 11) is 0. The largest absolute Gasteiger partial charge is 0.484 e. The van der Waals surface area contributed by atoms with Crippen LogP contribution in [0.1, 0.15) is 29.2 Å². The molecule has 0 bridgehead atoms. The summed E-state index contributed by atoms with van der Waals surface area (Å²) < 4.78 is 10.9. The number of aryl methyl sites for hydroxylation is 1. The third-order valence-electron chi connectivity index (χ3n) is 5.00. The van der Waals surface area contributed by atoms with Crippen molar-refractivity contribution in [3.63, 3.8) is 0 Å². The van der Waals surface area contributed by atoms with Crippen molar-refractivity contribution in [1.82, 2.24) is 5.32 Å². The monoisotopic (exact) mass is 393 g/mol. The summed E-state index contributed by atoms with van der Waals surface area (Å²) >= 11 is 0. The molecule has 29 heavy (non-hydrogen) atoms. The van der Waals surface area contributed by atoms with Crippen LogP contribution in [0.25, 0.3) is 11.0 Å². The molecule has 1 atom stereocenters. The number of nitrogens with one attached hydrogen (secondary N) is 1. The molecule has 2 N–H and O–H groups in total. The number of fused-ring (bicyclic) bond motifs is 3. The van der Waals surface area contributed by atoms with Gasteiger partial charge in [0, 0.05) is 17.0 Å². The molecule has 1 amide bonds. The maximum Gasteiger partial charge on any atom is 0.339 e. The molecule has 7 nitrogen and oxygen atoms in total. The van der Waals surface area contributed by atoms with E-state index in [4.69, 9.17) is 9.15 Å². The second-order valence-electron chi connectivity index (χ2n) is 6.90. The lowest BCUT2D eigenvalue weighted by Gasteiger charge is -2.15. The highest BCUT2D eigenvalue weighted by Crippen LogP contribution is 2.29. The van der Waals surface area contributed by atoms with E-state index in [0.717, 1.165) is 35.8 Å². The van der Waals surface area contributed by atoms with Crippen LogP contribution in [0, 0.1) is 0 Å². The Morgan fingerprint density at radius 2 is 1.86 bits per heavy atom. The molecular formula is C22H19NO6. The Hall–Kier alpha value is -3.61. The lowest BCUT2D eigenvalue weighted by molar-refractivity contribution is -0.142. The number of carboxylic acid groups (broad SMARTS) is 1. The van der Waals surface area contributed by atoms with Gasteiger partial charge < -0.3 is 19.6 Å². The van der Waals surface area contributed by atoms with Gasteiger partial charge in [-0.05, 0) is 42.5 Å². The van der Waals surface area contributed by atoms with E-state index in [-0.39, 0.29) is 12.2 Å². The predicted molar refractivity (Wildman–Crippen MR) is 105 cm³/mol. The highest BCUT2D eigenvalue weighted by atomic mass is 16.5. The van der Waals surface area contributed by atoms with E-state index >= 15 is 0 Å². The van der Waals surface area contributed by atoms with Crippen molar-refractivity contribution in [3.8, 4) is 5.75 Å². The van der Waals surface area contributed by atoms with Gasteiger partial charge in [0.2, 0.25) is 0 Å². The van der Waals surface area contributed by atoms with Crippen molar-refractivity contribution in [2.75, 3.05) is 6.61 Å². The molecule has 7 heteroatoms. The van der Waals surface area contributed by atoms with E-state index in [9.17, 15) is 19.5 Å². The Balaban J connectivity index is 1.46. The zero-order chi connectivity index (χ0) is 20.4. The van der Waals surface area contributed by atoms with Crippen molar-refractivity contribution in [3.05, 3.63) is 75.6 Å². The maximum atomic E-state index is 12.2. The fourth-order valence-electron chi connectivity index (χ4n) is 3.64. The Kier molecular flexibility index (Phi) is 5.03. The zero-order valence-electron chi connectivity index (χ0n) is 15.5. The van der Waals surface area contributed by atoms with E-state index in [1.54, 1.807) is 42.5 Å². The first-order chi connectivity index (χ1) is 14.0.